The van der Waals surface area contributed by atoms with Crippen LogP contribution in [-0.4, -0.2) is 105 Å². The van der Waals surface area contributed by atoms with Crippen molar-refractivity contribution >= 4 is 51.3 Å². The van der Waals surface area contributed by atoms with Crippen LogP contribution in [-0.2, 0) is 37.7 Å². The second kappa shape index (κ2) is 25.2. The summed E-state index contributed by atoms with van der Waals surface area (Å²) in [5.41, 5.74) is 0. The lowest BCUT2D eigenvalue weighted by Gasteiger charge is -2.20. The van der Waals surface area contributed by atoms with Crippen LogP contribution in [0.4, 0.5) is 0 Å². The third-order valence-corrected chi connectivity index (χ3v) is 15.5. The topological polar surface area (TPSA) is 238 Å². The minimum Gasteiger partial charge on any atom is -0.481 e. The Morgan fingerprint density at radius 1 is 0.551 bits per heavy atom. The number of Topliss-reactive ketones (excluding diaryl/α,β-unsaturated/α-hetero) is 1. The third kappa shape index (κ3) is 29.6. The van der Waals surface area contributed by atoms with E-state index in [-0.39, 0.29) is 18.1 Å². The first-order chi connectivity index (χ1) is 22.1. The number of hydrogen-bond donors (Lipinski definition) is 5. The van der Waals surface area contributed by atoms with Crippen LogP contribution < -0.4 is 0 Å². The highest BCUT2D eigenvalue weighted by molar-refractivity contribution is 7.63. The Kier molecular flexibility index (Phi) is 26.5. The Hall–Kier alpha value is -1.80. The standard InChI is InChI=1S/C12H25O2P.C11H23O3P.C10H17O8P/c1-6-7-10(2)8-15(5,14)9-11(3)12(4)13;1-5-6-9(2)7-15(4,14)8-10(3)11(12)13;1-6(9(13)14)4-19(17,18)5-7(10(15)16)2-3-8(11)12/h10-11H,6-9H2,1-5H3;9-10H,5-8H2,1-4H3,(H,12,13);6-7H,2-5H2,1H3,(H,11,12)(H,13,14)(H,15,16)(H,17,18). The van der Waals surface area contributed by atoms with Crippen LogP contribution in [0.15, 0.2) is 0 Å². The number of hydrogen-bond acceptors (Lipinski definition) is 8. The molecule has 0 aliphatic rings. The molecular formula is C33H65O13P3. The summed E-state index contributed by atoms with van der Waals surface area (Å²) in [7, 11) is -8.31. The molecule has 13 nitrogen and oxygen atoms in total. The molecule has 0 radical (unpaired) electrons. The summed E-state index contributed by atoms with van der Waals surface area (Å²) in [6.45, 7) is 18.4. The van der Waals surface area contributed by atoms with Crippen molar-refractivity contribution in [1.29, 1.82) is 0 Å². The first-order valence-electron chi connectivity index (χ1n) is 16.9. The number of rotatable bonds is 23. The van der Waals surface area contributed by atoms with E-state index in [1.807, 2.05) is 13.6 Å². The van der Waals surface area contributed by atoms with Crippen molar-refractivity contribution < 1.29 is 63.0 Å². The van der Waals surface area contributed by atoms with Gasteiger partial charge in [0, 0.05) is 49.3 Å². The number of ketones is 1. The van der Waals surface area contributed by atoms with Gasteiger partial charge in [-0.2, -0.15) is 0 Å². The molecule has 0 aliphatic heterocycles. The zero-order valence-corrected chi connectivity index (χ0v) is 34.0. The highest BCUT2D eigenvalue weighted by atomic mass is 31.2. The third-order valence-electron chi connectivity index (χ3n) is 7.94. The van der Waals surface area contributed by atoms with E-state index in [0.29, 0.717) is 30.3 Å². The summed E-state index contributed by atoms with van der Waals surface area (Å²) in [5.74, 6) is -6.41. The largest absolute Gasteiger partial charge is 0.481 e. The van der Waals surface area contributed by atoms with Crippen LogP contribution in [0.2, 0.25) is 0 Å². The van der Waals surface area contributed by atoms with Gasteiger partial charge in [-0.05, 0) is 38.5 Å². The predicted molar refractivity (Wildman–Crippen MR) is 196 cm³/mol. The van der Waals surface area contributed by atoms with Gasteiger partial charge in [-0.3, -0.25) is 28.5 Å². The van der Waals surface area contributed by atoms with Crippen LogP contribution in [0.25, 0.3) is 0 Å². The van der Waals surface area contributed by atoms with E-state index >= 15 is 0 Å². The maximum Gasteiger partial charge on any atom is 0.307 e. The molecule has 290 valence electrons. The van der Waals surface area contributed by atoms with Crippen LogP contribution in [0, 0.1) is 35.5 Å². The van der Waals surface area contributed by atoms with Gasteiger partial charge in [-0.25, -0.2) is 0 Å². The Bertz CT molecular complexity index is 1130. The maximum absolute atomic E-state index is 12.3. The summed E-state index contributed by atoms with van der Waals surface area (Å²) < 4.78 is 36.2. The van der Waals surface area contributed by atoms with Crippen molar-refractivity contribution in [3.63, 3.8) is 0 Å². The van der Waals surface area contributed by atoms with Crippen LogP contribution >= 0.6 is 21.7 Å². The Morgan fingerprint density at radius 2 is 0.918 bits per heavy atom. The summed E-state index contributed by atoms with van der Waals surface area (Å²) in [4.78, 5) is 63.2. The SMILES string of the molecule is CC(CP(=O)(O)CC(CCC(=O)O)C(=O)O)C(=O)O.CCCC(C)CP(C)(=O)CC(C)C(=O)O.CCCC(C)CP(C)(=O)CC(C)C(C)=O. The van der Waals surface area contributed by atoms with Gasteiger partial charge in [0.05, 0.1) is 32.0 Å². The minimum atomic E-state index is -3.93. The maximum atomic E-state index is 12.3. The average Bonchev–Trinajstić information content (AvgIpc) is 2.90. The molecule has 49 heavy (non-hydrogen) atoms. The van der Waals surface area contributed by atoms with Gasteiger partial charge >= 0.3 is 23.9 Å². The Balaban J connectivity index is -0.000000655. The van der Waals surface area contributed by atoms with Gasteiger partial charge in [0.1, 0.15) is 5.78 Å². The molecule has 0 saturated carbocycles. The fourth-order valence-electron chi connectivity index (χ4n) is 5.52. The number of carbonyl (C=O) groups is 5. The molecule has 0 bridgehead atoms. The number of carboxylic acids is 4. The van der Waals surface area contributed by atoms with E-state index in [1.54, 1.807) is 20.5 Å². The number of carboxylic acid groups (broad SMARTS) is 4. The minimum absolute atomic E-state index is 0.0466. The number of carbonyl (C=O) groups excluding carboxylic acids is 1. The van der Waals surface area contributed by atoms with E-state index in [0.717, 1.165) is 31.8 Å². The Labute approximate surface area is 293 Å². The lowest BCUT2D eigenvalue weighted by atomic mass is 10.1. The summed E-state index contributed by atoms with van der Waals surface area (Å²) in [6, 6.07) is 0. The molecule has 9 unspecified atom stereocenters. The zero-order chi connectivity index (χ0) is 39.3. The van der Waals surface area contributed by atoms with Crippen molar-refractivity contribution in [3.8, 4) is 0 Å². The van der Waals surface area contributed by atoms with E-state index in [1.165, 1.54) is 6.92 Å². The van der Waals surface area contributed by atoms with E-state index < -0.39 is 82.0 Å². The van der Waals surface area contributed by atoms with Crippen LogP contribution in [0.5, 0.6) is 0 Å². The van der Waals surface area contributed by atoms with Crippen molar-refractivity contribution in [2.75, 3.05) is 50.3 Å². The molecule has 0 spiro atoms. The zero-order valence-electron chi connectivity index (χ0n) is 31.3. The smallest absolute Gasteiger partial charge is 0.307 e. The summed E-state index contributed by atoms with van der Waals surface area (Å²) in [6.07, 6.45) is 4.98. The van der Waals surface area contributed by atoms with Crippen LogP contribution in [0.1, 0.15) is 93.9 Å². The van der Waals surface area contributed by atoms with Gasteiger partial charge in [0.2, 0.25) is 7.37 Å². The lowest BCUT2D eigenvalue weighted by Crippen LogP contribution is -2.22. The fourth-order valence-corrected chi connectivity index (χ4v) is 13.7. The molecule has 0 aromatic rings. The van der Waals surface area contributed by atoms with Gasteiger partial charge in [0.15, 0.2) is 0 Å². The second-order valence-corrected chi connectivity index (χ2v) is 23.4. The van der Waals surface area contributed by atoms with Crippen molar-refractivity contribution in [2.45, 2.75) is 93.9 Å². The molecule has 5 N–H and O–H groups in total. The molecule has 9 atom stereocenters. The molecular weight excluding hydrogens is 697 g/mol. The number of aliphatic carboxylic acids is 4. The highest BCUT2D eigenvalue weighted by Crippen LogP contribution is 2.47. The first-order valence-corrected chi connectivity index (χ1v) is 24.0. The first kappa shape index (κ1) is 51.6. The van der Waals surface area contributed by atoms with Gasteiger partial charge < -0.3 is 34.4 Å². The monoisotopic (exact) mass is 762 g/mol. The van der Waals surface area contributed by atoms with Crippen LogP contribution in [0.3, 0.4) is 0 Å². The van der Waals surface area contributed by atoms with Gasteiger partial charge in [-0.1, -0.05) is 74.1 Å². The predicted octanol–water partition coefficient (Wildman–Crippen LogP) is 7.32. The van der Waals surface area contributed by atoms with Gasteiger partial charge in [0.25, 0.3) is 0 Å². The molecule has 0 heterocycles. The summed E-state index contributed by atoms with van der Waals surface area (Å²) in [5, 5.41) is 34.7. The molecule has 0 saturated heterocycles. The molecule has 0 amide bonds. The molecule has 0 aromatic carbocycles. The quantitative estimate of drug-likeness (QED) is 0.0642. The second-order valence-electron chi connectivity index (χ2n) is 14.3. The van der Waals surface area contributed by atoms with E-state index in [9.17, 15) is 42.6 Å². The van der Waals surface area contributed by atoms with Gasteiger partial charge in [-0.15, -0.1) is 0 Å². The normalized spacial score (nSPS) is 18.4. The lowest BCUT2D eigenvalue weighted by molar-refractivity contribution is -0.143. The van der Waals surface area contributed by atoms with E-state index in [4.69, 9.17) is 20.4 Å². The van der Waals surface area contributed by atoms with Crippen molar-refractivity contribution in [2.24, 2.45) is 35.5 Å². The Morgan fingerprint density at radius 3 is 1.22 bits per heavy atom. The molecule has 0 fully saturated rings. The highest BCUT2D eigenvalue weighted by Gasteiger charge is 2.32. The molecule has 0 aromatic heterocycles. The molecule has 0 aliphatic carbocycles. The average molecular weight is 763 g/mol. The van der Waals surface area contributed by atoms with E-state index in [2.05, 4.69) is 27.7 Å². The van der Waals surface area contributed by atoms with Crippen molar-refractivity contribution in [3.05, 3.63) is 0 Å². The fraction of sp³-hybridized carbons (Fsp3) is 0.848. The molecule has 0 rings (SSSR count). The van der Waals surface area contributed by atoms with Crippen molar-refractivity contribution in [1.82, 2.24) is 0 Å². The molecule has 16 heteroatoms. The summed E-state index contributed by atoms with van der Waals surface area (Å²) >= 11 is 0.